The van der Waals surface area contributed by atoms with Crippen molar-refractivity contribution >= 4 is 21.8 Å². The molecule has 1 aromatic heterocycles. The first-order chi connectivity index (χ1) is 8.31. The minimum absolute atomic E-state index is 0.0488. The topological polar surface area (TPSA) is 56.2 Å². The molecule has 3 heteroatoms. The van der Waals surface area contributed by atoms with Crippen LogP contribution in [0.4, 0.5) is 0 Å². The first kappa shape index (κ1) is 10.3. The van der Waals surface area contributed by atoms with Gasteiger partial charge in [0, 0.05) is 21.8 Å². The first-order valence-electron chi connectivity index (χ1n) is 5.57. The lowest BCUT2D eigenvalue weighted by molar-refractivity contribution is 0.282. The minimum atomic E-state index is 0.0488. The lowest BCUT2D eigenvalue weighted by Gasteiger charge is -1.97. The van der Waals surface area contributed by atoms with Crippen molar-refractivity contribution in [3.8, 4) is 0 Å². The Bertz CT molecular complexity index is 685. The highest BCUT2D eigenvalue weighted by Gasteiger charge is 2.05. The predicted molar refractivity (Wildman–Crippen MR) is 67.7 cm³/mol. The molecule has 0 amide bonds. The second-order valence-electron chi connectivity index (χ2n) is 4.20. The van der Waals surface area contributed by atoms with Crippen LogP contribution in [0.3, 0.4) is 0 Å². The van der Waals surface area contributed by atoms with Crippen molar-refractivity contribution in [3.63, 3.8) is 0 Å². The maximum atomic E-state index is 9.15. The van der Waals surface area contributed by atoms with E-state index in [-0.39, 0.29) is 13.2 Å². The second kappa shape index (κ2) is 3.87. The van der Waals surface area contributed by atoms with Crippen LogP contribution in [0.2, 0.25) is 0 Å². The molecule has 0 saturated heterocycles. The molecule has 0 fully saturated rings. The Labute approximate surface area is 98.3 Å². The molecular formula is C14H13NO2. The summed E-state index contributed by atoms with van der Waals surface area (Å²) in [7, 11) is 0. The number of benzene rings is 2. The zero-order valence-corrected chi connectivity index (χ0v) is 9.27. The summed E-state index contributed by atoms with van der Waals surface area (Å²) in [6.45, 7) is 0.102. The molecule has 3 N–H and O–H groups in total. The monoisotopic (exact) mass is 227 g/mol. The Morgan fingerprint density at radius 2 is 1.47 bits per heavy atom. The number of hydrogen-bond acceptors (Lipinski definition) is 2. The van der Waals surface area contributed by atoms with Crippen LogP contribution in [0, 0.1) is 0 Å². The molecule has 2 aromatic carbocycles. The van der Waals surface area contributed by atoms with E-state index in [2.05, 4.69) is 4.98 Å². The fourth-order valence-corrected chi connectivity index (χ4v) is 2.19. The number of aromatic nitrogens is 1. The molecule has 1 heterocycles. The van der Waals surface area contributed by atoms with Crippen molar-refractivity contribution < 1.29 is 10.2 Å². The van der Waals surface area contributed by atoms with Gasteiger partial charge in [0.05, 0.1) is 13.2 Å². The number of nitrogens with one attached hydrogen (secondary N) is 1. The fourth-order valence-electron chi connectivity index (χ4n) is 2.19. The van der Waals surface area contributed by atoms with Gasteiger partial charge in [-0.2, -0.15) is 0 Å². The van der Waals surface area contributed by atoms with Crippen LogP contribution in [-0.2, 0) is 13.2 Å². The number of aromatic amines is 1. The molecule has 0 atom stereocenters. The Kier molecular flexibility index (Phi) is 2.35. The Morgan fingerprint density at radius 1 is 0.765 bits per heavy atom. The van der Waals surface area contributed by atoms with Gasteiger partial charge in [0.15, 0.2) is 0 Å². The summed E-state index contributed by atoms with van der Waals surface area (Å²) in [5.41, 5.74) is 3.87. The summed E-state index contributed by atoms with van der Waals surface area (Å²) in [6.07, 6.45) is 0. The van der Waals surface area contributed by atoms with Crippen molar-refractivity contribution in [2.24, 2.45) is 0 Å². The zero-order chi connectivity index (χ0) is 11.8. The Balaban J connectivity index is 2.34. The molecular weight excluding hydrogens is 214 g/mol. The summed E-state index contributed by atoms with van der Waals surface area (Å²) >= 11 is 0. The van der Waals surface area contributed by atoms with Crippen LogP contribution in [-0.4, -0.2) is 15.2 Å². The van der Waals surface area contributed by atoms with Gasteiger partial charge in [0.1, 0.15) is 0 Å². The number of rotatable bonds is 2. The second-order valence-corrected chi connectivity index (χ2v) is 4.20. The first-order valence-corrected chi connectivity index (χ1v) is 5.57. The predicted octanol–water partition coefficient (Wildman–Crippen LogP) is 2.31. The van der Waals surface area contributed by atoms with E-state index in [0.717, 1.165) is 32.9 Å². The third-order valence-corrected chi connectivity index (χ3v) is 3.09. The smallest absolute Gasteiger partial charge is 0.0682 e. The third-order valence-electron chi connectivity index (χ3n) is 3.09. The number of H-pyrrole nitrogens is 1. The molecule has 0 spiro atoms. The summed E-state index contributed by atoms with van der Waals surface area (Å²) in [5.74, 6) is 0. The number of aliphatic hydroxyl groups is 2. The lowest BCUT2D eigenvalue weighted by Crippen LogP contribution is -1.81. The highest BCUT2D eigenvalue weighted by atomic mass is 16.3. The molecule has 0 aliphatic rings. The van der Waals surface area contributed by atoms with Crippen LogP contribution in [0.25, 0.3) is 21.8 Å². The number of aliphatic hydroxyl groups excluding tert-OH is 2. The van der Waals surface area contributed by atoms with Gasteiger partial charge in [-0.05, 0) is 29.3 Å². The van der Waals surface area contributed by atoms with E-state index < -0.39 is 0 Å². The summed E-state index contributed by atoms with van der Waals surface area (Å²) in [5, 5.41) is 20.5. The Hall–Kier alpha value is -1.84. The molecule has 0 aliphatic heterocycles. The van der Waals surface area contributed by atoms with Gasteiger partial charge >= 0.3 is 0 Å². The van der Waals surface area contributed by atoms with Gasteiger partial charge in [0.2, 0.25) is 0 Å². The standard InChI is InChI=1S/C14H13NO2/c16-7-9-2-4-13-12(5-9)11-3-1-10(8-17)6-14(11)15-13/h1-6,15-17H,7-8H2. The fraction of sp³-hybridized carbons (Fsp3) is 0.143. The van der Waals surface area contributed by atoms with E-state index in [4.69, 9.17) is 10.2 Å². The molecule has 86 valence electrons. The van der Waals surface area contributed by atoms with Crippen molar-refractivity contribution in [1.29, 1.82) is 0 Å². The van der Waals surface area contributed by atoms with Gasteiger partial charge < -0.3 is 15.2 Å². The van der Waals surface area contributed by atoms with Gasteiger partial charge in [-0.3, -0.25) is 0 Å². The van der Waals surface area contributed by atoms with Crippen molar-refractivity contribution in [1.82, 2.24) is 4.98 Å². The highest BCUT2D eigenvalue weighted by molar-refractivity contribution is 6.07. The molecule has 0 aliphatic carbocycles. The molecule has 0 bridgehead atoms. The van der Waals surface area contributed by atoms with E-state index in [9.17, 15) is 0 Å². The average Bonchev–Trinajstić information content (AvgIpc) is 2.74. The number of fused-ring (bicyclic) bond motifs is 3. The van der Waals surface area contributed by atoms with Crippen molar-refractivity contribution in [2.75, 3.05) is 0 Å². The maximum absolute atomic E-state index is 9.15. The van der Waals surface area contributed by atoms with Crippen molar-refractivity contribution in [3.05, 3.63) is 47.5 Å². The summed E-state index contributed by atoms with van der Waals surface area (Å²) in [6, 6.07) is 11.7. The van der Waals surface area contributed by atoms with E-state index in [1.54, 1.807) is 0 Å². The highest BCUT2D eigenvalue weighted by Crippen LogP contribution is 2.27. The van der Waals surface area contributed by atoms with E-state index in [1.807, 2.05) is 36.4 Å². The van der Waals surface area contributed by atoms with Crippen LogP contribution < -0.4 is 0 Å². The van der Waals surface area contributed by atoms with Crippen LogP contribution >= 0.6 is 0 Å². The largest absolute Gasteiger partial charge is 0.392 e. The van der Waals surface area contributed by atoms with Crippen molar-refractivity contribution in [2.45, 2.75) is 13.2 Å². The Morgan fingerprint density at radius 3 is 2.24 bits per heavy atom. The average molecular weight is 227 g/mol. The van der Waals surface area contributed by atoms with Gasteiger partial charge in [-0.1, -0.05) is 18.2 Å². The normalized spacial score (nSPS) is 11.4. The molecule has 3 rings (SSSR count). The summed E-state index contributed by atoms with van der Waals surface area (Å²) < 4.78 is 0. The van der Waals surface area contributed by atoms with Crippen LogP contribution in [0.5, 0.6) is 0 Å². The molecule has 0 saturated carbocycles. The van der Waals surface area contributed by atoms with Crippen LogP contribution in [0.1, 0.15) is 11.1 Å². The van der Waals surface area contributed by atoms with Gasteiger partial charge in [-0.15, -0.1) is 0 Å². The molecule has 0 unspecified atom stereocenters. The van der Waals surface area contributed by atoms with E-state index >= 15 is 0 Å². The van der Waals surface area contributed by atoms with Crippen LogP contribution in [0.15, 0.2) is 36.4 Å². The third kappa shape index (κ3) is 1.60. The lowest BCUT2D eigenvalue weighted by atomic mass is 10.1. The van der Waals surface area contributed by atoms with Gasteiger partial charge in [-0.25, -0.2) is 0 Å². The van der Waals surface area contributed by atoms with E-state index in [0.29, 0.717) is 0 Å². The zero-order valence-electron chi connectivity index (χ0n) is 9.27. The molecule has 3 aromatic rings. The quantitative estimate of drug-likeness (QED) is 0.629. The minimum Gasteiger partial charge on any atom is -0.392 e. The van der Waals surface area contributed by atoms with Gasteiger partial charge in [0.25, 0.3) is 0 Å². The SMILES string of the molecule is OCc1ccc2c(c1)[nH]c1ccc(CO)cc12. The molecule has 3 nitrogen and oxygen atoms in total. The summed E-state index contributed by atoms with van der Waals surface area (Å²) in [4.78, 5) is 3.31. The van der Waals surface area contributed by atoms with E-state index in [1.165, 1.54) is 0 Å². The maximum Gasteiger partial charge on any atom is 0.0682 e. The molecule has 17 heavy (non-hydrogen) atoms. The molecule has 0 radical (unpaired) electrons. The number of hydrogen-bond donors (Lipinski definition) is 3.